The van der Waals surface area contributed by atoms with E-state index in [-0.39, 0.29) is 17.4 Å². The summed E-state index contributed by atoms with van der Waals surface area (Å²) in [6.07, 6.45) is 0.437. The van der Waals surface area contributed by atoms with Crippen LogP contribution in [0.5, 0.6) is 0 Å². The number of thioether (sulfide) groups is 1. The molecule has 128 valence electrons. The number of alkyl carbamates (subject to hydrolysis) is 1. The van der Waals surface area contributed by atoms with Crippen molar-refractivity contribution in [1.29, 1.82) is 0 Å². The maximum absolute atomic E-state index is 13.3. The van der Waals surface area contributed by atoms with Crippen LogP contribution in [-0.4, -0.2) is 28.6 Å². The Morgan fingerprint density at radius 3 is 2.61 bits per heavy atom. The molecule has 0 saturated heterocycles. The molecule has 1 N–H and O–H groups in total. The average molecular weight is 341 g/mol. The summed E-state index contributed by atoms with van der Waals surface area (Å²) in [5, 5.41) is 2.45. The molecule has 1 rings (SSSR count). The van der Waals surface area contributed by atoms with E-state index in [1.54, 1.807) is 32.9 Å². The minimum atomic E-state index is -0.747. The summed E-state index contributed by atoms with van der Waals surface area (Å²) in [5.74, 6) is 0.307. The molecule has 1 unspecified atom stereocenters. The van der Waals surface area contributed by atoms with Gasteiger partial charge in [0, 0.05) is 12.2 Å². The van der Waals surface area contributed by atoms with Crippen molar-refractivity contribution < 1.29 is 18.7 Å². The van der Waals surface area contributed by atoms with E-state index in [9.17, 15) is 14.0 Å². The first-order valence-electron chi connectivity index (χ1n) is 7.62. The third-order valence-electron chi connectivity index (χ3n) is 2.75. The summed E-state index contributed by atoms with van der Waals surface area (Å²) in [5.41, 5.74) is 0.00381. The molecular weight excluding hydrogens is 317 g/mol. The molecule has 0 aliphatic carbocycles. The average Bonchev–Trinajstić information content (AvgIpc) is 2.42. The fraction of sp³-hybridized carbons (Fsp3) is 0.529. The molecule has 0 radical (unpaired) electrons. The lowest BCUT2D eigenvalue weighted by Crippen LogP contribution is -2.44. The van der Waals surface area contributed by atoms with Gasteiger partial charge in [-0.2, -0.15) is 0 Å². The number of hydrogen-bond acceptors (Lipinski definition) is 4. The van der Waals surface area contributed by atoms with Gasteiger partial charge in [0.05, 0.1) is 0 Å². The Labute approximate surface area is 141 Å². The van der Waals surface area contributed by atoms with Gasteiger partial charge in [0.1, 0.15) is 17.5 Å². The minimum absolute atomic E-state index is 0.151. The summed E-state index contributed by atoms with van der Waals surface area (Å²) < 4.78 is 18.5. The molecule has 0 aromatic heterocycles. The van der Waals surface area contributed by atoms with Crippen molar-refractivity contribution in [3.63, 3.8) is 0 Å². The summed E-state index contributed by atoms with van der Waals surface area (Å²) >= 11 is 1.16. The zero-order chi connectivity index (χ0) is 17.5. The fourth-order valence-corrected chi connectivity index (χ4v) is 2.59. The lowest BCUT2D eigenvalue weighted by Gasteiger charge is -2.23. The van der Waals surface area contributed by atoms with Crippen molar-refractivity contribution in [3.8, 4) is 0 Å². The number of amides is 1. The van der Waals surface area contributed by atoms with Crippen molar-refractivity contribution in [3.05, 3.63) is 35.6 Å². The Bertz CT molecular complexity index is 543. The predicted octanol–water partition coefficient (Wildman–Crippen LogP) is 3.93. The Morgan fingerprint density at radius 2 is 2.04 bits per heavy atom. The molecule has 0 saturated carbocycles. The van der Waals surface area contributed by atoms with Crippen LogP contribution in [0.15, 0.2) is 24.3 Å². The van der Waals surface area contributed by atoms with Gasteiger partial charge < -0.3 is 10.1 Å². The number of halogens is 1. The monoisotopic (exact) mass is 341 g/mol. The summed E-state index contributed by atoms with van der Waals surface area (Å²) in [7, 11) is 0. The van der Waals surface area contributed by atoms with E-state index in [1.165, 1.54) is 12.1 Å². The number of hydrogen-bond donors (Lipinski definition) is 1. The smallest absolute Gasteiger partial charge is 0.408 e. The Hall–Kier alpha value is -1.56. The van der Waals surface area contributed by atoms with Crippen LogP contribution in [-0.2, 0) is 16.0 Å². The second kappa shape index (κ2) is 8.91. The van der Waals surface area contributed by atoms with Gasteiger partial charge in [0.15, 0.2) is 0 Å². The Morgan fingerprint density at radius 1 is 1.35 bits per heavy atom. The van der Waals surface area contributed by atoms with E-state index >= 15 is 0 Å². The number of benzene rings is 1. The molecule has 0 aliphatic rings. The number of carbonyl (C=O) groups is 2. The van der Waals surface area contributed by atoms with Gasteiger partial charge in [0.25, 0.3) is 0 Å². The van der Waals surface area contributed by atoms with E-state index in [1.807, 2.05) is 6.92 Å². The first kappa shape index (κ1) is 19.5. The highest BCUT2D eigenvalue weighted by Crippen LogP contribution is 2.14. The SMILES string of the molecule is CCCSC(=O)C(Cc1cccc(F)c1)NC(=O)OC(C)(C)C. The molecule has 4 nitrogen and oxygen atoms in total. The van der Waals surface area contributed by atoms with Gasteiger partial charge in [0.2, 0.25) is 5.12 Å². The highest BCUT2D eigenvalue weighted by Gasteiger charge is 2.24. The number of nitrogens with one attached hydrogen (secondary N) is 1. The third-order valence-corrected chi connectivity index (χ3v) is 3.93. The van der Waals surface area contributed by atoms with E-state index in [2.05, 4.69) is 5.32 Å². The standard InChI is InChI=1S/C17H24FNO3S/c1-5-9-23-15(20)14(19-16(21)22-17(2,3)4)11-12-7-6-8-13(18)10-12/h6-8,10,14H,5,9,11H2,1-4H3,(H,19,21). The molecule has 0 fully saturated rings. The maximum atomic E-state index is 13.3. The van der Waals surface area contributed by atoms with Crippen LogP contribution in [0.4, 0.5) is 9.18 Å². The molecule has 0 aliphatic heterocycles. The Balaban J connectivity index is 2.80. The van der Waals surface area contributed by atoms with Crippen LogP contribution in [0.3, 0.4) is 0 Å². The highest BCUT2D eigenvalue weighted by molar-refractivity contribution is 8.13. The van der Waals surface area contributed by atoms with Crippen molar-refractivity contribution >= 4 is 23.0 Å². The van der Waals surface area contributed by atoms with Gasteiger partial charge in [-0.25, -0.2) is 9.18 Å². The van der Waals surface area contributed by atoms with Gasteiger partial charge in [-0.15, -0.1) is 0 Å². The maximum Gasteiger partial charge on any atom is 0.408 e. The van der Waals surface area contributed by atoms with E-state index < -0.39 is 17.7 Å². The minimum Gasteiger partial charge on any atom is -0.444 e. The molecule has 1 aromatic rings. The molecule has 1 amide bonds. The number of ether oxygens (including phenoxy) is 1. The largest absolute Gasteiger partial charge is 0.444 e. The third kappa shape index (κ3) is 8.02. The molecule has 1 atom stereocenters. The first-order chi connectivity index (χ1) is 10.7. The molecule has 0 spiro atoms. The van der Waals surface area contributed by atoms with Crippen LogP contribution in [0, 0.1) is 5.82 Å². The van der Waals surface area contributed by atoms with Crippen LogP contribution >= 0.6 is 11.8 Å². The lowest BCUT2D eigenvalue weighted by molar-refractivity contribution is -0.112. The molecule has 0 heterocycles. The van der Waals surface area contributed by atoms with Crippen molar-refractivity contribution in [2.24, 2.45) is 0 Å². The molecule has 0 bridgehead atoms. The van der Waals surface area contributed by atoms with E-state index in [4.69, 9.17) is 4.74 Å². The zero-order valence-corrected chi connectivity index (χ0v) is 14.8. The molecule has 23 heavy (non-hydrogen) atoms. The Kier molecular flexibility index (Phi) is 7.55. The lowest BCUT2D eigenvalue weighted by atomic mass is 10.1. The van der Waals surface area contributed by atoms with Crippen molar-refractivity contribution in [2.75, 3.05) is 5.75 Å². The summed E-state index contributed by atoms with van der Waals surface area (Å²) in [6.45, 7) is 7.23. The van der Waals surface area contributed by atoms with Gasteiger partial charge in [-0.3, -0.25) is 4.79 Å². The topological polar surface area (TPSA) is 55.4 Å². The van der Waals surface area contributed by atoms with Crippen LogP contribution in [0.1, 0.15) is 39.7 Å². The van der Waals surface area contributed by atoms with E-state index in [0.717, 1.165) is 18.2 Å². The van der Waals surface area contributed by atoms with Crippen LogP contribution in [0.25, 0.3) is 0 Å². The van der Waals surface area contributed by atoms with E-state index in [0.29, 0.717) is 11.3 Å². The van der Waals surface area contributed by atoms with Crippen LogP contribution in [0.2, 0.25) is 0 Å². The first-order valence-corrected chi connectivity index (χ1v) is 8.60. The molecule has 1 aromatic carbocycles. The fourth-order valence-electron chi connectivity index (χ4n) is 1.85. The second-order valence-electron chi connectivity index (χ2n) is 6.20. The van der Waals surface area contributed by atoms with Gasteiger partial charge in [-0.05, 0) is 44.9 Å². The van der Waals surface area contributed by atoms with Crippen LogP contribution < -0.4 is 5.32 Å². The molecule has 6 heteroatoms. The second-order valence-corrected chi connectivity index (χ2v) is 7.30. The van der Waals surface area contributed by atoms with Gasteiger partial charge in [-0.1, -0.05) is 30.8 Å². The number of rotatable bonds is 6. The number of carbonyl (C=O) groups excluding carboxylic acids is 2. The zero-order valence-electron chi connectivity index (χ0n) is 14.0. The molecular formula is C17H24FNO3S. The summed E-state index contributed by atoms with van der Waals surface area (Å²) in [4.78, 5) is 24.2. The quantitative estimate of drug-likeness (QED) is 0.852. The van der Waals surface area contributed by atoms with Gasteiger partial charge >= 0.3 is 6.09 Å². The normalized spacial score (nSPS) is 12.6. The van der Waals surface area contributed by atoms with Crippen molar-refractivity contribution in [1.82, 2.24) is 5.32 Å². The van der Waals surface area contributed by atoms with Crippen molar-refractivity contribution in [2.45, 2.75) is 52.2 Å². The predicted molar refractivity (Wildman–Crippen MR) is 91.0 cm³/mol. The highest BCUT2D eigenvalue weighted by atomic mass is 32.2. The summed E-state index contributed by atoms with van der Waals surface area (Å²) in [6, 6.07) is 5.27.